The van der Waals surface area contributed by atoms with Crippen LogP contribution in [-0.2, 0) is 19.1 Å². The number of amides is 4. The van der Waals surface area contributed by atoms with Gasteiger partial charge in [0.2, 0.25) is 11.8 Å². The van der Waals surface area contributed by atoms with Crippen LogP contribution in [0.1, 0.15) is 70.2 Å². The number of hydrogen-bond acceptors (Lipinski definition) is 8. The summed E-state index contributed by atoms with van der Waals surface area (Å²) in [7, 11) is 2.57. The molecule has 0 spiro atoms. The zero-order chi connectivity index (χ0) is 36.9. The molecule has 0 unspecified atom stereocenters. The second-order valence-electron chi connectivity index (χ2n) is 13.6. The van der Waals surface area contributed by atoms with E-state index in [9.17, 15) is 19.2 Å². The number of hydrogen-bond donors (Lipinski definition) is 4. The van der Waals surface area contributed by atoms with Crippen molar-refractivity contribution in [2.24, 2.45) is 5.92 Å². The Morgan fingerprint density at radius 1 is 0.788 bits per heavy atom. The number of imidazole rings is 2. The van der Waals surface area contributed by atoms with Crippen molar-refractivity contribution in [2.75, 3.05) is 27.3 Å². The molecule has 4 atom stereocenters. The maximum atomic E-state index is 13.5. The van der Waals surface area contributed by atoms with Crippen LogP contribution in [-0.4, -0.2) is 93.1 Å². The monoisotopic (exact) mass is 710 g/mol. The van der Waals surface area contributed by atoms with Gasteiger partial charge in [-0.3, -0.25) is 9.59 Å². The Balaban J connectivity index is 1.09. The number of likely N-dealkylation sites (tertiary alicyclic amines) is 2. The number of carbonyl (C=O) groups excluding carboxylic acids is 4. The van der Waals surface area contributed by atoms with E-state index in [-0.39, 0.29) is 29.8 Å². The molecule has 4 aromatic rings. The summed E-state index contributed by atoms with van der Waals surface area (Å²) in [4.78, 5) is 69.8. The minimum atomic E-state index is -0.686. The summed E-state index contributed by atoms with van der Waals surface area (Å²) < 4.78 is 9.42. The highest BCUT2D eigenvalue weighted by Crippen LogP contribution is 2.34. The summed E-state index contributed by atoms with van der Waals surface area (Å²) in [6.45, 7) is 6.90. The highest BCUT2D eigenvalue weighted by Gasteiger charge is 2.38. The number of H-pyrrole nitrogens is 2. The molecule has 14 heteroatoms. The Hall–Kier alpha value is -5.66. The van der Waals surface area contributed by atoms with Gasteiger partial charge in [-0.05, 0) is 60.8 Å². The van der Waals surface area contributed by atoms with Crippen LogP contribution in [0.25, 0.3) is 33.6 Å². The molecule has 2 aliphatic heterocycles. The zero-order valence-corrected chi connectivity index (χ0v) is 30.1. The molecule has 4 N–H and O–H groups in total. The summed E-state index contributed by atoms with van der Waals surface area (Å²) in [5.74, 6) is 1.00. The Labute approximate surface area is 302 Å². The fraction of sp³-hybridized carbons (Fsp3) is 0.421. The molecule has 2 aliphatic rings. The minimum absolute atomic E-state index is 0.103. The molecule has 2 aromatic carbocycles. The van der Waals surface area contributed by atoms with Crippen LogP contribution in [0.2, 0.25) is 0 Å². The van der Waals surface area contributed by atoms with Gasteiger partial charge >= 0.3 is 12.2 Å². The number of nitrogens with zero attached hydrogens (tertiary/aromatic N) is 4. The van der Waals surface area contributed by atoms with Crippen molar-refractivity contribution >= 4 is 24.0 Å². The van der Waals surface area contributed by atoms with Crippen molar-refractivity contribution in [1.29, 1.82) is 0 Å². The van der Waals surface area contributed by atoms with Crippen molar-refractivity contribution in [3.8, 4) is 33.6 Å². The molecule has 4 heterocycles. The average Bonchev–Trinajstić information content (AvgIpc) is 3.96. The molecule has 0 bridgehead atoms. The predicted octanol–water partition coefficient (Wildman–Crippen LogP) is 5.59. The van der Waals surface area contributed by atoms with E-state index >= 15 is 0 Å². The fourth-order valence-corrected chi connectivity index (χ4v) is 6.99. The Kier molecular flexibility index (Phi) is 10.9. The molecule has 274 valence electrons. The first-order chi connectivity index (χ1) is 25.1. The van der Waals surface area contributed by atoms with Crippen LogP contribution < -0.4 is 10.6 Å². The summed E-state index contributed by atoms with van der Waals surface area (Å²) in [5, 5.41) is 5.32. The molecule has 14 nitrogen and oxygen atoms in total. The fourth-order valence-electron chi connectivity index (χ4n) is 6.99. The number of ether oxygens (including phenoxy) is 2. The third-order valence-corrected chi connectivity index (χ3v) is 9.97. The van der Waals surface area contributed by atoms with Crippen LogP contribution in [0.3, 0.4) is 0 Å². The van der Waals surface area contributed by atoms with Crippen molar-refractivity contribution in [2.45, 2.75) is 70.6 Å². The number of methoxy groups -OCH3 is 2. The average molecular weight is 711 g/mol. The number of piperidine rings is 1. The maximum Gasteiger partial charge on any atom is 0.407 e. The summed E-state index contributed by atoms with van der Waals surface area (Å²) in [6.07, 6.45) is 5.30. The molecule has 0 saturated carbocycles. The topological polar surface area (TPSA) is 175 Å². The van der Waals surface area contributed by atoms with Gasteiger partial charge in [0, 0.05) is 13.1 Å². The SMILES string of the molecule is COC(=O)N[C@H](C(=O)N1CCC[C@H]1c1ncc(-c2ccc(-c3ccc(-c4cnc([C@H](C)N5CCC[C@@H](NC(=O)OC)C5=O)[nH]4)cc3)cc2)[nH]1)C(C)C. The van der Waals surface area contributed by atoms with E-state index in [0.717, 1.165) is 58.7 Å². The minimum Gasteiger partial charge on any atom is -0.453 e. The summed E-state index contributed by atoms with van der Waals surface area (Å²) in [5.41, 5.74) is 5.74. The largest absolute Gasteiger partial charge is 0.453 e. The Bertz CT molecular complexity index is 1890. The maximum absolute atomic E-state index is 13.5. The van der Waals surface area contributed by atoms with Crippen LogP contribution in [0.5, 0.6) is 0 Å². The number of benzene rings is 2. The number of carbonyl (C=O) groups is 4. The number of alkyl carbamates (subject to hydrolysis) is 2. The second-order valence-corrected chi connectivity index (χ2v) is 13.6. The lowest BCUT2D eigenvalue weighted by Gasteiger charge is -2.35. The van der Waals surface area contributed by atoms with E-state index in [1.165, 1.54) is 14.2 Å². The van der Waals surface area contributed by atoms with Crippen molar-refractivity contribution in [1.82, 2.24) is 40.4 Å². The van der Waals surface area contributed by atoms with E-state index in [4.69, 9.17) is 4.74 Å². The van der Waals surface area contributed by atoms with Gasteiger partial charge in [-0.1, -0.05) is 62.4 Å². The second kappa shape index (κ2) is 15.7. The first-order valence-electron chi connectivity index (χ1n) is 17.7. The molecule has 2 saturated heterocycles. The number of nitrogens with one attached hydrogen (secondary N) is 4. The van der Waals surface area contributed by atoms with Crippen LogP contribution >= 0.6 is 0 Å². The van der Waals surface area contributed by atoms with E-state index in [1.54, 1.807) is 22.2 Å². The molecule has 2 aromatic heterocycles. The number of rotatable bonds is 10. The van der Waals surface area contributed by atoms with Crippen LogP contribution in [0, 0.1) is 5.92 Å². The molecule has 52 heavy (non-hydrogen) atoms. The van der Waals surface area contributed by atoms with Gasteiger partial charge in [-0.2, -0.15) is 0 Å². The van der Waals surface area contributed by atoms with E-state index in [2.05, 4.69) is 59.6 Å². The highest BCUT2D eigenvalue weighted by molar-refractivity contribution is 5.87. The number of aromatic amines is 2. The Morgan fingerprint density at radius 2 is 1.37 bits per heavy atom. The molecule has 4 amide bonds. The lowest BCUT2D eigenvalue weighted by molar-refractivity contribution is -0.138. The molecule has 6 rings (SSSR count). The third kappa shape index (κ3) is 7.65. The number of aromatic nitrogens is 4. The van der Waals surface area contributed by atoms with Crippen molar-refractivity contribution in [3.63, 3.8) is 0 Å². The van der Waals surface area contributed by atoms with Gasteiger partial charge in [-0.15, -0.1) is 0 Å². The summed E-state index contributed by atoms with van der Waals surface area (Å²) >= 11 is 0. The summed E-state index contributed by atoms with van der Waals surface area (Å²) in [6, 6.07) is 14.6. The van der Waals surface area contributed by atoms with Gasteiger partial charge in [0.05, 0.1) is 50.1 Å². The first kappa shape index (κ1) is 36.1. The molecule has 0 radical (unpaired) electrons. The van der Waals surface area contributed by atoms with Crippen LogP contribution in [0.15, 0.2) is 60.9 Å². The standard InChI is InChI=1S/C38H46N8O6/c1-22(2)32(44-38(50)52-5)36(48)46-19-7-9-31(46)34-40-21-30(42-34)27-16-12-25(13-17-27)24-10-14-26(15-11-24)29-20-39-33(41-29)23(3)45-18-6-8-28(35(45)47)43-37(49)51-4/h10-17,20-23,28,31-32H,6-9,18-19H2,1-5H3,(H,39,41)(H,40,42)(H,43,49)(H,44,50)/t23-,28+,31-,32-/m0/s1. The Morgan fingerprint density at radius 3 is 1.98 bits per heavy atom. The normalized spacial score (nSPS) is 18.6. The van der Waals surface area contributed by atoms with E-state index in [1.807, 2.05) is 45.0 Å². The molecule has 0 aliphatic carbocycles. The van der Waals surface area contributed by atoms with Gasteiger partial charge in [0.15, 0.2) is 0 Å². The lowest BCUT2D eigenvalue weighted by atomic mass is 10.0. The van der Waals surface area contributed by atoms with Crippen molar-refractivity contribution < 1.29 is 28.7 Å². The predicted molar refractivity (Wildman–Crippen MR) is 194 cm³/mol. The smallest absolute Gasteiger partial charge is 0.407 e. The quantitative estimate of drug-likeness (QED) is 0.165. The van der Waals surface area contributed by atoms with E-state index in [0.29, 0.717) is 25.3 Å². The van der Waals surface area contributed by atoms with Crippen molar-refractivity contribution in [3.05, 3.63) is 72.6 Å². The lowest BCUT2D eigenvalue weighted by Crippen LogP contribution is -2.52. The molecular weight excluding hydrogens is 664 g/mol. The van der Waals surface area contributed by atoms with Gasteiger partial charge in [0.25, 0.3) is 0 Å². The van der Waals surface area contributed by atoms with Gasteiger partial charge in [-0.25, -0.2) is 19.6 Å². The first-order valence-corrected chi connectivity index (χ1v) is 17.7. The van der Waals surface area contributed by atoms with Gasteiger partial charge in [0.1, 0.15) is 23.7 Å². The third-order valence-electron chi connectivity index (χ3n) is 9.97. The van der Waals surface area contributed by atoms with Gasteiger partial charge < -0.3 is 39.9 Å². The van der Waals surface area contributed by atoms with Crippen LogP contribution in [0.4, 0.5) is 9.59 Å². The van der Waals surface area contributed by atoms with E-state index < -0.39 is 24.3 Å². The zero-order valence-electron chi connectivity index (χ0n) is 30.1. The molecule has 2 fully saturated rings. The highest BCUT2D eigenvalue weighted by atomic mass is 16.5. The molecular formula is C38H46N8O6.